The summed E-state index contributed by atoms with van der Waals surface area (Å²) in [6.45, 7) is 1.97. The van der Waals surface area contributed by atoms with E-state index in [1.54, 1.807) is 0 Å². The van der Waals surface area contributed by atoms with Gasteiger partial charge in [-0.05, 0) is 33.1 Å². The Hall–Kier alpha value is -4.60. The van der Waals surface area contributed by atoms with Gasteiger partial charge in [0.2, 0.25) is 35.4 Å². The Morgan fingerprint density at radius 3 is 1.55 bits per heavy atom. The van der Waals surface area contributed by atoms with Gasteiger partial charge in [0.15, 0.2) is 5.96 Å². The largest absolute Gasteiger partial charge is 0.481 e. The van der Waals surface area contributed by atoms with E-state index in [1.807, 2.05) is 0 Å². The van der Waals surface area contributed by atoms with E-state index in [-0.39, 0.29) is 31.8 Å². The van der Waals surface area contributed by atoms with Gasteiger partial charge >= 0.3 is 5.97 Å². The van der Waals surface area contributed by atoms with Crippen LogP contribution in [0.15, 0.2) is 0 Å². The van der Waals surface area contributed by atoms with Crippen molar-refractivity contribution in [1.29, 1.82) is 5.41 Å². The monoisotopic (exact) mass is 677 g/mol. The summed E-state index contributed by atoms with van der Waals surface area (Å²) >= 11 is 0. The van der Waals surface area contributed by atoms with Crippen LogP contribution in [0.5, 0.6) is 0 Å². The van der Waals surface area contributed by atoms with Crippen molar-refractivity contribution in [3.05, 3.63) is 0 Å². The molecule has 0 aromatic rings. The number of carboxylic acid groups (broad SMARTS) is 1. The zero-order chi connectivity index (χ0) is 36.4. The minimum absolute atomic E-state index is 0.0263. The van der Waals surface area contributed by atoms with Crippen LogP contribution in [-0.4, -0.2) is 135 Å². The number of guanidine groups is 1. The number of carbonyl (C=O) groups is 7. The molecule has 0 radical (unpaired) electrons. The summed E-state index contributed by atoms with van der Waals surface area (Å²) < 4.78 is 0. The number of nitrogens with two attached hydrogens (primary N) is 2. The molecule has 268 valence electrons. The molecule has 8 atom stereocenters. The highest BCUT2D eigenvalue weighted by Gasteiger charge is 2.34. The van der Waals surface area contributed by atoms with E-state index >= 15 is 0 Å². The zero-order valence-corrected chi connectivity index (χ0v) is 26.3. The molecule has 21 heteroatoms. The SMILES string of the molecule is C[C@H](C(=O)N[C@@H](CCCNC(=N)N)C(=O)N[C@@H](CO)C(=O)N[C@@H](CO)C(=O)N[C@H](C(=O)N[C@@H](CCC(=O)O)C(N)=O)[C@@H](C)O)[C@@H](C)O. The van der Waals surface area contributed by atoms with Crippen molar-refractivity contribution in [3.63, 3.8) is 0 Å². The Labute approximate surface area is 270 Å². The van der Waals surface area contributed by atoms with Gasteiger partial charge in [-0.15, -0.1) is 0 Å². The van der Waals surface area contributed by atoms with Crippen molar-refractivity contribution in [2.45, 2.75) is 88.9 Å². The number of aliphatic hydroxyl groups is 4. The predicted octanol–water partition coefficient (Wildman–Crippen LogP) is -6.59. The van der Waals surface area contributed by atoms with Crippen molar-refractivity contribution in [1.82, 2.24) is 31.9 Å². The maximum absolute atomic E-state index is 13.0. The highest BCUT2D eigenvalue weighted by Crippen LogP contribution is 2.06. The molecule has 0 spiro atoms. The molecule has 0 fully saturated rings. The number of hydrogen-bond acceptors (Lipinski definition) is 12. The van der Waals surface area contributed by atoms with E-state index in [4.69, 9.17) is 22.0 Å². The number of aliphatic carboxylic acids is 1. The number of amides is 6. The van der Waals surface area contributed by atoms with Crippen LogP contribution in [0.4, 0.5) is 0 Å². The average molecular weight is 678 g/mol. The minimum atomic E-state index is -1.79. The van der Waals surface area contributed by atoms with Crippen LogP contribution in [0.3, 0.4) is 0 Å². The molecule has 0 bridgehead atoms. The summed E-state index contributed by atoms with van der Waals surface area (Å²) in [7, 11) is 0. The molecule has 6 amide bonds. The molecule has 0 aliphatic rings. The van der Waals surface area contributed by atoms with E-state index < -0.39 is 109 Å². The Morgan fingerprint density at radius 2 is 1.13 bits per heavy atom. The smallest absolute Gasteiger partial charge is 0.303 e. The number of aliphatic hydroxyl groups excluding tert-OH is 4. The van der Waals surface area contributed by atoms with Crippen molar-refractivity contribution in [2.24, 2.45) is 17.4 Å². The summed E-state index contributed by atoms with van der Waals surface area (Å²) in [4.78, 5) is 86.4. The van der Waals surface area contributed by atoms with E-state index in [0.29, 0.717) is 0 Å². The Bertz CT molecular complexity index is 1120. The molecule has 0 rings (SSSR count). The number of primary amides is 1. The Morgan fingerprint density at radius 1 is 0.660 bits per heavy atom. The molecule has 0 heterocycles. The van der Waals surface area contributed by atoms with E-state index in [1.165, 1.54) is 13.8 Å². The predicted molar refractivity (Wildman–Crippen MR) is 162 cm³/mol. The third-order valence-electron chi connectivity index (χ3n) is 6.76. The molecule has 0 unspecified atom stereocenters. The van der Waals surface area contributed by atoms with E-state index in [2.05, 4.69) is 31.9 Å². The second-order valence-electron chi connectivity index (χ2n) is 10.7. The van der Waals surface area contributed by atoms with Crippen LogP contribution < -0.4 is 43.4 Å². The zero-order valence-electron chi connectivity index (χ0n) is 26.3. The first-order valence-corrected chi connectivity index (χ1v) is 14.5. The third kappa shape index (κ3) is 16.0. The lowest BCUT2D eigenvalue weighted by molar-refractivity contribution is -0.138. The first kappa shape index (κ1) is 42.4. The number of carbonyl (C=O) groups excluding carboxylic acids is 6. The quantitative estimate of drug-likeness (QED) is 0.0288. The molecular formula is C26H47N9O12. The summed E-state index contributed by atoms with van der Waals surface area (Å²) in [5, 5.41) is 68.8. The summed E-state index contributed by atoms with van der Waals surface area (Å²) in [5.41, 5.74) is 10.4. The van der Waals surface area contributed by atoms with Crippen LogP contribution in [-0.2, 0) is 33.6 Å². The lowest BCUT2D eigenvalue weighted by atomic mass is 10.0. The lowest BCUT2D eigenvalue weighted by Gasteiger charge is -2.27. The van der Waals surface area contributed by atoms with Gasteiger partial charge in [-0.2, -0.15) is 0 Å². The van der Waals surface area contributed by atoms with Crippen LogP contribution >= 0.6 is 0 Å². The minimum Gasteiger partial charge on any atom is -0.481 e. The van der Waals surface area contributed by atoms with E-state index in [0.717, 1.165) is 6.92 Å². The number of hydrogen-bond donors (Lipinski definition) is 14. The van der Waals surface area contributed by atoms with Crippen LogP contribution in [0.25, 0.3) is 0 Å². The molecule has 47 heavy (non-hydrogen) atoms. The van der Waals surface area contributed by atoms with Crippen molar-refractivity contribution < 1.29 is 59.1 Å². The van der Waals surface area contributed by atoms with E-state index in [9.17, 15) is 54.0 Å². The third-order valence-corrected chi connectivity index (χ3v) is 6.76. The van der Waals surface area contributed by atoms with Gasteiger partial charge in [0.25, 0.3) is 0 Å². The lowest BCUT2D eigenvalue weighted by Crippen LogP contribution is -2.62. The van der Waals surface area contributed by atoms with Gasteiger partial charge in [-0.25, -0.2) is 0 Å². The fraction of sp³-hybridized carbons (Fsp3) is 0.692. The molecule has 16 N–H and O–H groups in total. The molecule has 21 nitrogen and oxygen atoms in total. The first-order valence-electron chi connectivity index (χ1n) is 14.5. The molecule has 0 saturated heterocycles. The van der Waals surface area contributed by atoms with Crippen molar-refractivity contribution in [3.8, 4) is 0 Å². The molecule has 0 aromatic carbocycles. The fourth-order valence-electron chi connectivity index (χ4n) is 3.73. The molecule has 0 aliphatic carbocycles. The second kappa shape index (κ2) is 21.2. The van der Waals surface area contributed by atoms with Crippen LogP contribution in [0.2, 0.25) is 0 Å². The number of nitrogens with one attached hydrogen (secondary N) is 7. The molecule has 0 saturated carbocycles. The maximum Gasteiger partial charge on any atom is 0.303 e. The molecule has 0 aromatic heterocycles. The summed E-state index contributed by atoms with van der Waals surface area (Å²) in [5.74, 6) is -8.75. The second-order valence-corrected chi connectivity index (χ2v) is 10.7. The Kier molecular flexibility index (Phi) is 19.2. The van der Waals surface area contributed by atoms with Gasteiger partial charge in [-0.1, -0.05) is 6.92 Å². The highest BCUT2D eigenvalue weighted by molar-refractivity contribution is 5.96. The topological polar surface area (TPSA) is 369 Å². The molecular weight excluding hydrogens is 630 g/mol. The van der Waals surface area contributed by atoms with Crippen molar-refractivity contribution >= 4 is 47.4 Å². The van der Waals surface area contributed by atoms with Crippen LogP contribution in [0.1, 0.15) is 46.5 Å². The maximum atomic E-state index is 13.0. The van der Waals surface area contributed by atoms with Gasteiger partial charge in [0.1, 0.15) is 30.2 Å². The van der Waals surface area contributed by atoms with Gasteiger partial charge in [0.05, 0.1) is 31.3 Å². The number of rotatable bonds is 22. The standard InChI is InChI=1S/C26H47N9O12/c1-11(12(2)38)21(43)32-15(5-4-8-30-26(28)29)22(44)33-16(9-36)23(45)34-17(10-37)24(46)35-19(13(3)39)25(47)31-14(20(27)42)6-7-18(40)41/h11-17,19,36-39H,4-10H2,1-3H3,(H2,27,42)(H,31,47)(H,32,43)(H,33,44)(H,34,45)(H,35,46)(H,40,41)(H4,28,29,30)/t11-,12+,13+,14-,15-,16-,17-,19-/m0/s1. The van der Waals surface area contributed by atoms with Gasteiger partial charge in [-0.3, -0.25) is 39.0 Å². The average Bonchev–Trinajstić information content (AvgIpc) is 2.98. The van der Waals surface area contributed by atoms with Gasteiger partial charge < -0.3 is 68.9 Å². The highest BCUT2D eigenvalue weighted by atomic mass is 16.4. The van der Waals surface area contributed by atoms with Crippen LogP contribution in [0, 0.1) is 11.3 Å². The fourth-order valence-corrected chi connectivity index (χ4v) is 3.73. The van der Waals surface area contributed by atoms with Gasteiger partial charge in [0, 0.05) is 13.0 Å². The summed E-state index contributed by atoms with van der Waals surface area (Å²) in [6, 6.07) is -8.01. The molecule has 0 aliphatic heterocycles. The normalized spacial score (nSPS) is 16.0. The first-order chi connectivity index (χ1) is 21.9. The Balaban J connectivity index is 5.65. The summed E-state index contributed by atoms with van der Waals surface area (Å²) in [6.07, 6.45) is -3.40. The van der Waals surface area contributed by atoms with Crippen molar-refractivity contribution in [2.75, 3.05) is 19.8 Å². The number of carboxylic acids is 1.